The largest absolute Gasteiger partial charge is 0.491 e. The van der Waals surface area contributed by atoms with E-state index in [1.807, 2.05) is 7.05 Å². The normalized spacial score (nSPS) is 16.7. The molecular formula is C16H19NO. The first-order valence-corrected chi connectivity index (χ1v) is 6.66. The van der Waals surface area contributed by atoms with Crippen molar-refractivity contribution in [3.05, 3.63) is 42.5 Å². The van der Waals surface area contributed by atoms with Crippen molar-refractivity contribution in [3.63, 3.8) is 0 Å². The van der Waals surface area contributed by atoms with Crippen LogP contribution in [0.2, 0.25) is 0 Å². The molecule has 1 N–H and O–H groups in total. The molecule has 2 aromatic carbocycles. The maximum Gasteiger partial charge on any atom is 0.127 e. The average molecular weight is 241 g/mol. The van der Waals surface area contributed by atoms with Crippen molar-refractivity contribution in [1.82, 2.24) is 5.32 Å². The second-order valence-corrected chi connectivity index (χ2v) is 5.02. The highest BCUT2D eigenvalue weighted by Gasteiger charge is 2.30. The molecule has 2 heteroatoms. The molecule has 0 amide bonds. The molecule has 1 aliphatic rings. The Labute approximate surface area is 108 Å². The van der Waals surface area contributed by atoms with E-state index in [0.29, 0.717) is 6.04 Å². The summed E-state index contributed by atoms with van der Waals surface area (Å²) in [6.45, 7) is 0.759. The minimum Gasteiger partial charge on any atom is -0.491 e. The molecule has 3 rings (SSSR count). The van der Waals surface area contributed by atoms with Crippen LogP contribution in [0.1, 0.15) is 12.8 Å². The Bertz CT molecular complexity index is 528. The summed E-state index contributed by atoms with van der Waals surface area (Å²) in [7, 11) is 2.02. The number of hydrogen-bond donors (Lipinski definition) is 1. The quantitative estimate of drug-likeness (QED) is 0.868. The van der Waals surface area contributed by atoms with Gasteiger partial charge in [-0.1, -0.05) is 36.4 Å². The van der Waals surface area contributed by atoms with Crippen LogP contribution < -0.4 is 10.1 Å². The smallest absolute Gasteiger partial charge is 0.127 e. The summed E-state index contributed by atoms with van der Waals surface area (Å²) in [5.74, 6) is 1.80. The molecule has 1 unspecified atom stereocenters. The Morgan fingerprint density at radius 2 is 1.94 bits per heavy atom. The van der Waals surface area contributed by atoms with E-state index in [0.717, 1.165) is 18.3 Å². The van der Waals surface area contributed by atoms with Crippen LogP contribution in [0.3, 0.4) is 0 Å². The maximum atomic E-state index is 6.01. The van der Waals surface area contributed by atoms with Crippen LogP contribution >= 0.6 is 0 Å². The van der Waals surface area contributed by atoms with Gasteiger partial charge in [0.2, 0.25) is 0 Å². The van der Waals surface area contributed by atoms with E-state index in [2.05, 4.69) is 47.8 Å². The van der Waals surface area contributed by atoms with Gasteiger partial charge in [-0.3, -0.25) is 0 Å². The molecule has 0 aliphatic heterocycles. The molecule has 94 valence electrons. The third kappa shape index (κ3) is 2.34. The van der Waals surface area contributed by atoms with Crippen molar-refractivity contribution in [2.24, 2.45) is 5.92 Å². The number of ether oxygens (including phenoxy) is 1. The molecule has 0 radical (unpaired) electrons. The fourth-order valence-electron chi connectivity index (χ4n) is 2.45. The third-order valence-corrected chi connectivity index (χ3v) is 3.73. The molecule has 0 heterocycles. The standard InChI is InChI=1S/C16H19NO/c1-17-15(13-9-10-13)11-18-16-8-4-6-12-5-2-3-7-14(12)16/h2-8,13,15,17H,9-11H2,1H3. The molecule has 2 aromatic rings. The lowest BCUT2D eigenvalue weighted by atomic mass is 10.1. The molecule has 1 fully saturated rings. The van der Waals surface area contributed by atoms with Gasteiger partial charge in [0.25, 0.3) is 0 Å². The highest BCUT2D eigenvalue weighted by Crippen LogP contribution is 2.33. The highest BCUT2D eigenvalue weighted by atomic mass is 16.5. The van der Waals surface area contributed by atoms with Gasteiger partial charge in [-0.2, -0.15) is 0 Å². The fourth-order valence-corrected chi connectivity index (χ4v) is 2.45. The van der Waals surface area contributed by atoms with Crippen molar-refractivity contribution in [3.8, 4) is 5.75 Å². The van der Waals surface area contributed by atoms with Gasteiger partial charge >= 0.3 is 0 Å². The van der Waals surface area contributed by atoms with Crippen molar-refractivity contribution in [2.45, 2.75) is 18.9 Å². The SMILES string of the molecule is CNC(COc1cccc2ccccc12)C1CC1. The average Bonchev–Trinajstić information content (AvgIpc) is 3.24. The number of nitrogens with one attached hydrogen (secondary N) is 1. The Kier molecular flexibility index (Phi) is 3.20. The lowest BCUT2D eigenvalue weighted by Crippen LogP contribution is -2.33. The molecule has 0 aromatic heterocycles. The molecule has 0 saturated heterocycles. The summed E-state index contributed by atoms with van der Waals surface area (Å²) in [5, 5.41) is 5.80. The van der Waals surface area contributed by atoms with Gasteiger partial charge in [0.15, 0.2) is 0 Å². The van der Waals surface area contributed by atoms with Gasteiger partial charge in [0, 0.05) is 11.4 Å². The number of hydrogen-bond acceptors (Lipinski definition) is 2. The van der Waals surface area contributed by atoms with E-state index >= 15 is 0 Å². The first kappa shape index (κ1) is 11.5. The lowest BCUT2D eigenvalue weighted by Gasteiger charge is -2.17. The van der Waals surface area contributed by atoms with E-state index in [9.17, 15) is 0 Å². The number of fused-ring (bicyclic) bond motifs is 1. The van der Waals surface area contributed by atoms with Gasteiger partial charge < -0.3 is 10.1 Å². The minimum absolute atomic E-state index is 0.490. The second-order valence-electron chi connectivity index (χ2n) is 5.02. The van der Waals surface area contributed by atoms with Gasteiger partial charge in [-0.25, -0.2) is 0 Å². The first-order chi connectivity index (χ1) is 8.88. The summed E-state index contributed by atoms with van der Waals surface area (Å²) < 4.78 is 6.01. The molecule has 1 atom stereocenters. The van der Waals surface area contributed by atoms with Gasteiger partial charge in [0.1, 0.15) is 12.4 Å². The minimum atomic E-state index is 0.490. The Morgan fingerprint density at radius 1 is 1.17 bits per heavy atom. The van der Waals surface area contributed by atoms with Crippen molar-refractivity contribution < 1.29 is 4.74 Å². The van der Waals surface area contributed by atoms with Gasteiger partial charge in [0.05, 0.1) is 0 Å². The lowest BCUT2D eigenvalue weighted by molar-refractivity contribution is 0.259. The highest BCUT2D eigenvalue weighted by molar-refractivity contribution is 5.88. The van der Waals surface area contributed by atoms with Crippen LogP contribution in [-0.2, 0) is 0 Å². The molecule has 0 bridgehead atoms. The molecule has 0 spiro atoms. The predicted molar refractivity (Wildman–Crippen MR) is 75.0 cm³/mol. The Morgan fingerprint density at radius 3 is 2.72 bits per heavy atom. The van der Waals surface area contributed by atoms with Crippen molar-refractivity contribution >= 4 is 10.8 Å². The van der Waals surface area contributed by atoms with Crippen molar-refractivity contribution in [1.29, 1.82) is 0 Å². The fraction of sp³-hybridized carbons (Fsp3) is 0.375. The first-order valence-electron chi connectivity index (χ1n) is 6.66. The molecular weight excluding hydrogens is 222 g/mol. The van der Waals surface area contributed by atoms with E-state index in [4.69, 9.17) is 4.74 Å². The zero-order valence-corrected chi connectivity index (χ0v) is 10.7. The topological polar surface area (TPSA) is 21.3 Å². The molecule has 1 saturated carbocycles. The van der Waals surface area contributed by atoms with E-state index in [1.165, 1.54) is 23.6 Å². The van der Waals surface area contributed by atoms with Gasteiger partial charge in [-0.05, 0) is 37.3 Å². The van der Waals surface area contributed by atoms with E-state index in [-0.39, 0.29) is 0 Å². The Balaban J connectivity index is 1.77. The van der Waals surface area contributed by atoms with E-state index < -0.39 is 0 Å². The van der Waals surface area contributed by atoms with Gasteiger partial charge in [-0.15, -0.1) is 0 Å². The van der Waals surface area contributed by atoms with Crippen LogP contribution in [0.25, 0.3) is 10.8 Å². The third-order valence-electron chi connectivity index (χ3n) is 3.73. The second kappa shape index (κ2) is 4.99. The summed E-state index contributed by atoms with van der Waals surface area (Å²) >= 11 is 0. The van der Waals surface area contributed by atoms with Crippen LogP contribution in [-0.4, -0.2) is 19.7 Å². The summed E-state index contributed by atoms with van der Waals surface area (Å²) in [4.78, 5) is 0. The summed E-state index contributed by atoms with van der Waals surface area (Å²) in [6, 6.07) is 15.1. The van der Waals surface area contributed by atoms with Crippen LogP contribution in [0.15, 0.2) is 42.5 Å². The number of rotatable bonds is 5. The number of benzene rings is 2. The van der Waals surface area contributed by atoms with Crippen LogP contribution in [0, 0.1) is 5.92 Å². The maximum absolute atomic E-state index is 6.01. The van der Waals surface area contributed by atoms with Crippen molar-refractivity contribution in [2.75, 3.05) is 13.7 Å². The summed E-state index contributed by atoms with van der Waals surface area (Å²) in [6.07, 6.45) is 2.68. The molecule has 1 aliphatic carbocycles. The number of likely N-dealkylation sites (N-methyl/N-ethyl adjacent to an activating group) is 1. The van der Waals surface area contributed by atoms with Crippen LogP contribution in [0.4, 0.5) is 0 Å². The zero-order valence-electron chi connectivity index (χ0n) is 10.7. The zero-order chi connectivity index (χ0) is 12.4. The van der Waals surface area contributed by atoms with E-state index in [1.54, 1.807) is 0 Å². The molecule has 18 heavy (non-hydrogen) atoms. The Hall–Kier alpha value is -1.54. The molecule has 2 nitrogen and oxygen atoms in total. The predicted octanol–water partition coefficient (Wildman–Crippen LogP) is 3.22. The van der Waals surface area contributed by atoms with Crippen LogP contribution in [0.5, 0.6) is 5.75 Å². The monoisotopic (exact) mass is 241 g/mol. The summed E-state index contributed by atoms with van der Waals surface area (Å²) in [5.41, 5.74) is 0.